The van der Waals surface area contributed by atoms with Gasteiger partial charge in [-0.25, -0.2) is 4.79 Å². The molecule has 28 heteroatoms. The molecule has 0 unspecified atom stereocenters. The van der Waals surface area contributed by atoms with E-state index >= 15 is 0 Å². The van der Waals surface area contributed by atoms with Crippen molar-refractivity contribution in [3.8, 4) is 5.75 Å². The van der Waals surface area contributed by atoms with Crippen LogP contribution in [-0.4, -0.2) is 178 Å². The van der Waals surface area contributed by atoms with Crippen molar-refractivity contribution >= 4 is 76.1 Å². The molecule has 19 N–H and O–H groups in total. The van der Waals surface area contributed by atoms with Gasteiger partial charge in [0.2, 0.25) is 53.2 Å². The molecular formula is C62H93N15O13. The molecule has 2 heterocycles. The average molecular weight is 1260 g/mol. The molecule has 5 rings (SSSR count). The summed E-state index contributed by atoms with van der Waals surface area (Å²) < 4.78 is 0. The van der Waals surface area contributed by atoms with E-state index in [0.29, 0.717) is 24.9 Å². The number of carbonyl (C=O) groups excluding carboxylic acids is 10. The topological polar surface area (TPSA) is 449 Å². The first-order valence-electron chi connectivity index (χ1n) is 30.8. The Morgan fingerprint density at radius 3 is 1.99 bits per heavy atom. The van der Waals surface area contributed by atoms with E-state index in [2.05, 4.69) is 57.8 Å². The van der Waals surface area contributed by atoms with E-state index in [1.54, 1.807) is 30.5 Å². The first kappa shape index (κ1) is 72.0. The summed E-state index contributed by atoms with van der Waals surface area (Å²) in [5.74, 6) is -7.10. The predicted octanol–water partition coefficient (Wildman–Crippen LogP) is -0.517. The zero-order valence-corrected chi connectivity index (χ0v) is 52.1. The number of para-hydroxylation sites is 1. The number of fused-ring (bicyclic) bond motifs is 1. The molecule has 494 valence electrons. The maximum Gasteiger partial charge on any atom is 0.312 e. The van der Waals surface area contributed by atoms with Crippen LogP contribution in [-0.2, 0) is 56.0 Å². The number of phenols is 1. The number of aromatic hydroxyl groups is 1. The zero-order chi connectivity index (χ0) is 66.0. The van der Waals surface area contributed by atoms with Crippen LogP contribution < -0.4 is 65.1 Å². The number of likely N-dealkylation sites (tertiary alicyclic amines) is 1. The molecule has 28 nitrogen and oxygen atoms in total. The number of hydrogen-bond acceptors (Lipinski definition) is 14. The predicted molar refractivity (Wildman–Crippen MR) is 336 cm³/mol. The number of H-pyrrole nitrogens is 1. The van der Waals surface area contributed by atoms with Gasteiger partial charge >= 0.3 is 6.03 Å². The van der Waals surface area contributed by atoms with E-state index in [-0.39, 0.29) is 88.1 Å². The summed E-state index contributed by atoms with van der Waals surface area (Å²) in [6.07, 6.45) is 7.37. The Kier molecular flexibility index (Phi) is 28.8. The molecule has 2 fully saturated rings. The number of nitrogens with zero attached hydrogens (tertiary/aromatic N) is 2. The SMILES string of the molecule is CN=C(N)NCCC[C@H](NC(=O)[C@@H](/C=C/CNC(=O)[C@H](CC1CCCCC1)NC(=O)[C@@H](NC(=O)[C@H](CCCNC(N)=O)NC(=O)[C@@H]1C[C@@H](O)CN1C(=O)[C@@H](Cc1ccc(O)cc1)NC(C)=O)[C@@H](C)O)CC(C)C)C(=O)N[C@@H](Cc1c[nH]c2ccccc12)C(N)=O. The number of phenolic OH excluding ortho intramolecular Hbond substituents is 1. The van der Waals surface area contributed by atoms with Gasteiger partial charge < -0.3 is 90.3 Å². The van der Waals surface area contributed by atoms with E-state index < -0.39 is 120 Å². The Balaban J connectivity index is 1.29. The van der Waals surface area contributed by atoms with Crippen LogP contribution in [0.3, 0.4) is 0 Å². The number of rotatable bonds is 34. The number of β-amino-alcohol motifs (C(OH)–C–C–N with tert-alkyl or cyclic N) is 1. The van der Waals surface area contributed by atoms with Crippen LogP contribution >= 0.6 is 0 Å². The lowest BCUT2D eigenvalue weighted by Crippen LogP contribution is -2.61. The first-order chi connectivity index (χ1) is 42.8. The van der Waals surface area contributed by atoms with E-state index in [4.69, 9.17) is 17.2 Å². The standard InChI is InChI=1S/C62H93N15O13/c1-35(2)28-40(54(83)72-46(19-12-26-68-61(64)66-5)56(85)74-48(53(63)82)31-41-33-70-45-18-10-9-17-44(41)45)16-11-25-67-55(84)49(29-38-14-7-6-8-15-38)75-59(88)52(36(3)78)76-57(86)47(20-13-27-69-62(65)90)73-58(87)51-32-43(81)34-77(51)60(89)50(71-37(4)79)30-39-21-23-42(80)24-22-39/h9-11,16-18,21-24,33,35-36,38,40,43,46-52,70,78,80-81H,6-8,12-15,19-20,25-32,34H2,1-5H3,(H2,63,82)(H,67,84)(H,71,79)(H,72,83)(H,73,87)(H,74,85)(H,75,88)(H,76,86)(H3,64,66,68)(H3,65,69,90)/b16-11+/t36-,40+,43-,46+,47+,48+,49+,50-,51+,52+/m1/s1. The quantitative estimate of drug-likeness (QED) is 0.0155. The zero-order valence-electron chi connectivity index (χ0n) is 52.1. The fraction of sp³-hybridized carbons (Fsp3) is 0.565. The van der Waals surface area contributed by atoms with Crippen molar-refractivity contribution < 1.29 is 63.3 Å². The molecule has 1 aromatic heterocycles. The lowest BCUT2D eigenvalue weighted by Gasteiger charge is -2.31. The summed E-state index contributed by atoms with van der Waals surface area (Å²) in [6.45, 7) is 6.20. The van der Waals surface area contributed by atoms with Gasteiger partial charge in [0.05, 0.1) is 18.1 Å². The molecule has 1 aliphatic heterocycles. The number of aromatic nitrogens is 1. The monoisotopic (exact) mass is 1260 g/mol. The van der Waals surface area contributed by atoms with E-state index in [0.717, 1.165) is 53.5 Å². The van der Waals surface area contributed by atoms with Gasteiger partial charge in [-0.3, -0.25) is 48.1 Å². The van der Waals surface area contributed by atoms with Crippen molar-refractivity contribution in [1.82, 2.24) is 57.7 Å². The van der Waals surface area contributed by atoms with E-state index in [1.165, 1.54) is 33.0 Å². The molecule has 2 aromatic carbocycles. The maximum absolute atomic E-state index is 14.3. The van der Waals surface area contributed by atoms with E-state index in [9.17, 15) is 63.3 Å². The Labute approximate surface area is 524 Å². The van der Waals surface area contributed by atoms with Crippen LogP contribution in [0.2, 0.25) is 0 Å². The highest BCUT2D eigenvalue weighted by Gasteiger charge is 2.43. The molecule has 0 bridgehead atoms. The summed E-state index contributed by atoms with van der Waals surface area (Å²) in [7, 11) is 1.52. The van der Waals surface area contributed by atoms with E-state index in [1.807, 2.05) is 38.1 Å². The molecule has 1 saturated heterocycles. The number of hydrogen-bond donors (Lipinski definition) is 16. The number of aromatic amines is 1. The number of carbonyl (C=O) groups is 10. The van der Waals surface area contributed by atoms with Gasteiger partial charge in [0.1, 0.15) is 48.0 Å². The second-order valence-corrected chi connectivity index (χ2v) is 23.7. The minimum absolute atomic E-state index is 0.00685. The van der Waals surface area contributed by atoms with Gasteiger partial charge in [0, 0.05) is 76.5 Å². The molecule has 2 aliphatic rings. The summed E-state index contributed by atoms with van der Waals surface area (Å²) in [4.78, 5) is 144. The lowest BCUT2D eigenvalue weighted by molar-refractivity contribution is -0.142. The molecule has 3 aromatic rings. The Morgan fingerprint density at radius 1 is 0.722 bits per heavy atom. The highest BCUT2D eigenvalue weighted by molar-refractivity contribution is 5.97. The third-order valence-corrected chi connectivity index (χ3v) is 15.9. The highest BCUT2D eigenvalue weighted by atomic mass is 16.3. The summed E-state index contributed by atoms with van der Waals surface area (Å²) in [5.41, 5.74) is 19.1. The third-order valence-electron chi connectivity index (χ3n) is 15.9. The molecule has 90 heavy (non-hydrogen) atoms. The molecule has 1 aliphatic carbocycles. The molecule has 1 saturated carbocycles. The lowest BCUT2D eigenvalue weighted by atomic mass is 9.84. The number of nitrogens with two attached hydrogens (primary N) is 3. The van der Waals surface area contributed by atoms with Crippen molar-refractivity contribution in [2.24, 2.45) is 39.9 Å². The van der Waals surface area contributed by atoms with Gasteiger partial charge in [-0.05, 0) is 86.6 Å². The number of primary amides is 2. The number of benzene rings is 2. The minimum Gasteiger partial charge on any atom is -0.508 e. The Hall–Kier alpha value is -8.79. The normalized spacial score (nSPS) is 18.0. The van der Waals surface area contributed by atoms with Gasteiger partial charge in [-0.1, -0.05) is 88.4 Å². The van der Waals surface area contributed by atoms with Crippen molar-refractivity contribution in [2.75, 3.05) is 33.2 Å². The average Bonchev–Trinajstić information content (AvgIpc) is 1.98. The van der Waals surface area contributed by atoms with Crippen LogP contribution in [0.25, 0.3) is 10.9 Å². The second kappa shape index (κ2) is 36.0. The molecule has 0 radical (unpaired) electrons. The van der Waals surface area contributed by atoms with Crippen LogP contribution in [0.5, 0.6) is 5.75 Å². The molecule has 10 atom stereocenters. The first-order valence-corrected chi connectivity index (χ1v) is 30.8. The van der Waals surface area contributed by atoms with Gasteiger partial charge in [0.15, 0.2) is 5.96 Å². The number of urea groups is 1. The van der Waals surface area contributed by atoms with Gasteiger partial charge in [-0.15, -0.1) is 0 Å². The Bertz CT molecular complexity index is 2980. The molecule has 11 amide bonds. The van der Waals surface area contributed by atoms with Gasteiger partial charge in [0.25, 0.3) is 0 Å². The molecule has 0 spiro atoms. The summed E-state index contributed by atoms with van der Waals surface area (Å²) in [6, 6.07) is 3.49. The van der Waals surface area contributed by atoms with Gasteiger partial charge in [-0.2, -0.15) is 0 Å². The smallest absolute Gasteiger partial charge is 0.312 e. The largest absolute Gasteiger partial charge is 0.508 e. The van der Waals surface area contributed by atoms with Crippen LogP contribution in [0.4, 0.5) is 4.79 Å². The van der Waals surface area contributed by atoms with Crippen molar-refractivity contribution in [2.45, 2.75) is 172 Å². The maximum atomic E-state index is 14.3. The van der Waals surface area contributed by atoms with Crippen LogP contribution in [0, 0.1) is 17.8 Å². The summed E-state index contributed by atoms with van der Waals surface area (Å²) >= 11 is 0. The number of aliphatic hydroxyl groups is 2. The van der Waals surface area contributed by atoms with Crippen LogP contribution in [0.15, 0.2) is 71.9 Å². The second-order valence-electron chi connectivity index (χ2n) is 23.7. The molecular weight excluding hydrogens is 1160 g/mol. The number of aliphatic hydroxyl groups excluding tert-OH is 2. The number of guanidine groups is 1. The van der Waals surface area contributed by atoms with Crippen molar-refractivity contribution in [3.05, 3.63) is 78.0 Å². The minimum atomic E-state index is -1.69. The number of amides is 11. The van der Waals surface area contributed by atoms with Crippen molar-refractivity contribution in [3.63, 3.8) is 0 Å². The fourth-order valence-corrected chi connectivity index (χ4v) is 11.2. The fourth-order valence-electron chi connectivity index (χ4n) is 11.2. The highest BCUT2D eigenvalue weighted by Crippen LogP contribution is 2.28. The summed E-state index contributed by atoms with van der Waals surface area (Å²) in [5, 5.41) is 56.8. The number of nitrogens with one attached hydrogen (secondary N) is 10. The number of aliphatic imine (C=N–C) groups is 1. The van der Waals surface area contributed by atoms with Crippen molar-refractivity contribution in [1.29, 1.82) is 0 Å². The Morgan fingerprint density at radius 2 is 1.36 bits per heavy atom. The third kappa shape index (κ3) is 23.3. The van der Waals surface area contributed by atoms with Crippen LogP contribution in [0.1, 0.15) is 116 Å².